The van der Waals surface area contributed by atoms with E-state index in [-0.39, 0.29) is 16.8 Å². The fourth-order valence-electron chi connectivity index (χ4n) is 4.22. The van der Waals surface area contributed by atoms with E-state index in [1.165, 1.54) is 0 Å². The minimum Gasteiger partial charge on any atom is -0.338 e. The van der Waals surface area contributed by atoms with E-state index >= 15 is 0 Å². The van der Waals surface area contributed by atoms with Gasteiger partial charge in [0.25, 0.3) is 5.91 Å². The van der Waals surface area contributed by atoms with Crippen LogP contribution in [-0.2, 0) is 10.0 Å². The Labute approximate surface area is 204 Å². The molecule has 1 fully saturated rings. The Morgan fingerprint density at radius 2 is 1.60 bits per heavy atom. The van der Waals surface area contributed by atoms with Gasteiger partial charge in [-0.3, -0.25) is 9.78 Å². The Kier molecular flexibility index (Phi) is 6.43. The number of benzene rings is 2. The quantitative estimate of drug-likeness (QED) is 0.449. The molecule has 2 aromatic heterocycles. The monoisotopic (exact) mass is 487 g/mol. The lowest BCUT2D eigenvalue weighted by molar-refractivity contribution is 0.0712. The fraction of sp³-hybridized carbons (Fsp3) is 0.192. The number of piperidine rings is 1. The molecule has 0 aliphatic carbocycles. The van der Waals surface area contributed by atoms with Gasteiger partial charge in [0.05, 0.1) is 16.1 Å². The highest BCUT2D eigenvalue weighted by Crippen LogP contribution is 2.26. The van der Waals surface area contributed by atoms with Crippen LogP contribution in [0.3, 0.4) is 0 Å². The van der Waals surface area contributed by atoms with Crippen molar-refractivity contribution in [3.63, 3.8) is 0 Å². The lowest BCUT2D eigenvalue weighted by atomic mass is 10.0. The second kappa shape index (κ2) is 9.81. The number of carbonyl (C=O) groups excluding carboxylic acids is 1. The Bertz CT molecular complexity index is 1400. The zero-order valence-electron chi connectivity index (χ0n) is 19.0. The highest BCUT2D eigenvalue weighted by molar-refractivity contribution is 7.89. The number of pyridine rings is 1. The molecule has 8 nitrogen and oxygen atoms in total. The van der Waals surface area contributed by atoms with E-state index < -0.39 is 10.0 Å². The van der Waals surface area contributed by atoms with Gasteiger partial charge in [0.15, 0.2) is 0 Å². The number of sulfonamides is 1. The molecule has 9 heteroatoms. The number of nitrogens with zero attached hydrogens (tertiary/aromatic N) is 4. The summed E-state index contributed by atoms with van der Waals surface area (Å²) in [6.45, 7) is 0.896. The Morgan fingerprint density at radius 1 is 0.914 bits per heavy atom. The van der Waals surface area contributed by atoms with E-state index in [2.05, 4.69) is 9.71 Å². The van der Waals surface area contributed by atoms with Gasteiger partial charge in [0.1, 0.15) is 5.69 Å². The third kappa shape index (κ3) is 5.01. The molecule has 0 spiro atoms. The molecule has 1 aliphatic heterocycles. The molecule has 1 amide bonds. The van der Waals surface area contributed by atoms with E-state index in [0.717, 1.165) is 11.3 Å². The minimum atomic E-state index is -3.59. The molecular weight excluding hydrogens is 462 g/mol. The van der Waals surface area contributed by atoms with E-state index in [1.54, 1.807) is 58.5 Å². The van der Waals surface area contributed by atoms with Crippen molar-refractivity contribution >= 4 is 15.9 Å². The van der Waals surface area contributed by atoms with E-state index in [4.69, 9.17) is 5.10 Å². The molecule has 1 saturated heterocycles. The molecule has 0 bridgehead atoms. The van der Waals surface area contributed by atoms with Gasteiger partial charge in [-0.15, -0.1) is 0 Å². The first-order valence-corrected chi connectivity index (χ1v) is 12.9. The SMILES string of the molecule is O=C(c1cn(-c2ccccc2)nc1-c1cccnc1)N1CCC(NS(=O)(=O)c2ccccc2)CC1. The van der Waals surface area contributed by atoms with Crippen LogP contribution >= 0.6 is 0 Å². The number of hydrogen-bond acceptors (Lipinski definition) is 5. The zero-order valence-corrected chi connectivity index (χ0v) is 19.8. The molecule has 0 saturated carbocycles. The molecule has 0 unspecified atom stereocenters. The topological polar surface area (TPSA) is 97.2 Å². The first-order chi connectivity index (χ1) is 17.0. The number of likely N-dealkylation sites (tertiary alicyclic amines) is 1. The van der Waals surface area contributed by atoms with Gasteiger partial charge in [0, 0.05) is 43.3 Å². The third-order valence-electron chi connectivity index (χ3n) is 6.06. The lowest BCUT2D eigenvalue weighted by Crippen LogP contribution is -2.46. The van der Waals surface area contributed by atoms with Crippen molar-refractivity contribution in [3.05, 3.63) is 97.0 Å². The number of aromatic nitrogens is 3. The summed E-state index contributed by atoms with van der Waals surface area (Å²) in [4.78, 5) is 19.8. The third-order valence-corrected chi connectivity index (χ3v) is 7.59. The zero-order chi connectivity index (χ0) is 24.3. The van der Waals surface area contributed by atoms with Crippen LogP contribution in [0.1, 0.15) is 23.2 Å². The molecule has 0 atom stereocenters. The van der Waals surface area contributed by atoms with Gasteiger partial charge in [-0.25, -0.2) is 17.8 Å². The fourth-order valence-corrected chi connectivity index (χ4v) is 5.54. The van der Waals surface area contributed by atoms with E-state index in [0.29, 0.717) is 37.2 Å². The maximum Gasteiger partial charge on any atom is 0.257 e. The van der Waals surface area contributed by atoms with Crippen molar-refractivity contribution < 1.29 is 13.2 Å². The van der Waals surface area contributed by atoms with Gasteiger partial charge >= 0.3 is 0 Å². The van der Waals surface area contributed by atoms with Crippen molar-refractivity contribution in [1.29, 1.82) is 0 Å². The maximum absolute atomic E-state index is 13.6. The second-order valence-electron chi connectivity index (χ2n) is 8.41. The van der Waals surface area contributed by atoms with Crippen molar-refractivity contribution in [1.82, 2.24) is 24.4 Å². The van der Waals surface area contributed by atoms with E-state index in [9.17, 15) is 13.2 Å². The standard InChI is InChI=1S/C26H25N5O3S/c32-26(30-16-13-21(14-17-30)29-35(33,34)23-11-5-2-6-12-23)24-19-31(22-9-3-1-4-10-22)28-25(24)20-8-7-15-27-18-20/h1-12,15,18-19,21,29H,13-14,16-17H2. The maximum atomic E-state index is 13.6. The summed E-state index contributed by atoms with van der Waals surface area (Å²) in [6.07, 6.45) is 6.20. The normalized spacial score (nSPS) is 14.7. The molecule has 5 rings (SSSR count). The molecule has 178 valence electrons. The summed E-state index contributed by atoms with van der Waals surface area (Å²) >= 11 is 0. The van der Waals surface area contributed by atoms with Crippen LogP contribution in [0.15, 0.2) is 96.3 Å². The second-order valence-corrected chi connectivity index (χ2v) is 10.1. The highest BCUT2D eigenvalue weighted by atomic mass is 32.2. The van der Waals surface area contributed by atoms with Crippen LogP contribution in [-0.4, -0.2) is 53.1 Å². The summed E-state index contributed by atoms with van der Waals surface area (Å²) < 4.78 is 29.8. The summed E-state index contributed by atoms with van der Waals surface area (Å²) in [5, 5.41) is 4.70. The summed E-state index contributed by atoms with van der Waals surface area (Å²) in [5.74, 6) is -0.129. The average Bonchev–Trinajstić information content (AvgIpc) is 3.36. The smallest absolute Gasteiger partial charge is 0.257 e. The molecule has 0 radical (unpaired) electrons. The van der Waals surface area contributed by atoms with Gasteiger partial charge in [-0.1, -0.05) is 36.4 Å². The molecule has 3 heterocycles. The van der Waals surface area contributed by atoms with E-state index in [1.807, 2.05) is 42.5 Å². The number of rotatable bonds is 6. The Morgan fingerprint density at radius 3 is 2.26 bits per heavy atom. The first kappa shape index (κ1) is 22.9. The Hall–Kier alpha value is -3.82. The lowest BCUT2D eigenvalue weighted by Gasteiger charge is -2.32. The van der Waals surface area contributed by atoms with Crippen LogP contribution in [0.5, 0.6) is 0 Å². The molecule has 35 heavy (non-hydrogen) atoms. The molecular formula is C26H25N5O3S. The number of carbonyl (C=O) groups is 1. The predicted octanol–water partition coefficient (Wildman–Crippen LogP) is 3.52. The van der Waals surface area contributed by atoms with Crippen molar-refractivity contribution in [2.24, 2.45) is 0 Å². The van der Waals surface area contributed by atoms with Crippen LogP contribution in [0.2, 0.25) is 0 Å². The molecule has 1 N–H and O–H groups in total. The van der Waals surface area contributed by atoms with Gasteiger partial charge < -0.3 is 4.90 Å². The molecule has 1 aliphatic rings. The highest BCUT2D eigenvalue weighted by Gasteiger charge is 2.29. The summed E-state index contributed by atoms with van der Waals surface area (Å²) in [6, 6.07) is 21.4. The molecule has 2 aromatic carbocycles. The van der Waals surface area contributed by atoms with Gasteiger partial charge in [-0.05, 0) is 49.2 Å². The Balaban J connectivity index is 1.34. The predicted molar refractivity (Wildman–Crippen MR) is 132 cm³/mol. The van der Waals surface area contributed by atoms with Crippen molar-refractivity contribution in [2.45, 2.75) is 23.8 Å². The van der Waals surface area contributed by atoms with Crippen molar-refractivity contribution in [2.75, 3.05) is 13.1 Å². The average molecular weight is 488 g/mol. The van der Waals surface area contributed by atoms with Gasteiger partial charge in [-0.2, -0.15) is 5.10 Å². The number of hydrogen-bond donors (Lipinski definition) is 1. The van der Waals surface area contributed by atoms with Gasteiger partial charge in [0.2, 0.25) is 10.0 Å². The molecule has 4 aromatic rings. The van der Waals surface area contributed by atoms with Crippen LogP contribution in [0.25, 0.3) is 16.9 Å². The number of nitrogens with one attached hydrogen (secondary N) is 1. The van der Waals surface area contributed by atoms with Crippen molar-refractivity contribution in [3.8, 4) is 16.9 Å². The van der Waals surface area contributed by atoms with Crippen LogP contribution in [0, 0.1) is 0 Å². The summed E-state index contributed by atoms with van der Waals surface area (Å²) in [7, 11) is -3.59. The van der Waals surface area contributed by atoms with Crippen LogP contribution in [0.4, 0.5) is 0 Å². The van der Waals surface area contributed by atoms with Crippen LogP contribution < -0.4 is 4.72 Å². The summed E-state index contributed by atoms with van der Waals surface area (Å²) in [5.41, 5.74) is 2.67. The first-order valence-electron chi connectivity index (χ1n) is 11.4. The number of amides is 1. The minimum absolute atomic E-state index is 0.129. The number of para-hydroxylation sites is 1. The largest absolute Gasteiger partial charge is 0.338 e.